The monoisotopic (exact) mass is 452 g/mol. The number of halogens is 4. The summed E-state index contributed by atoms with van der Waals surface area (Å²) in [4.78, 5) is 0. The predicted molar refractivity (Wildman–Crippen MR) is 120 cm³/mol. The van der Waals surface area contributed by atoms with Crippen molar-refractivity contribution in [2.24, 2.45) is 23.7 Å². The van der Waals surface area contributed by atoms with Gasteiger partial charge in [-0.05, 0) is 80.5 Å². The average molecular weight is 453 g/mol. The van der Waals surface area contributed by atoms with Gasteiger partial charge in [0.05, 0.1) is 0 Å². The predicted octanol–water partition coefficient (Wildman–Crippen LogP) is 8.47. The van der Waals surface area contributed by atoms with E-state index < -0.39 is 12.5 Å². The molecule has 2 aliphatic carbocycles. The summed E-state index contributed by atoms with van der Waals surface area (Å²) in [6, 6.07) is 5.59. The van der Waals surface area contributed by atoms with E-state index in [4.69, 9.17) is 0 Å². The lowest BCUT2D eigenvalue weighted by Crippen LogP contribution is -2.33. The van der Waals surface area contributed by atoms with Crippen LogP contribution < -0.4 is 4.74 Å². The fourth-order valence-electron chi connectivity index (χ4n) is 5.36. The summed E-state index contributed by atoms with van der Waals surface area (Å²) in [6.45, 7) is 2.27. The summed E-state index contributed by atoms with van der Waals surface area (Å²) in [6.07, 6.45) is 7.52. The van der Waals surface area contributed by atoms with Crippen molar-refractivity contribution in [1.29, 1.82) is 0 Å². The highest BCUT2D eigenvalue weighted by atomic mass is 19.3. The van der Waals surface area contributed by atoms with E-state index in [-0.39, 0.29) is 5.75 Å². The van der Waals surface area contributed by atoms with E-state index in [0.29, 0.717) is 11.5 Å². The smallest absolute Gasteiger partial charge is 0.428 e. The van der Waals surface area contributed by atoms with E-state index >= 15 is 0 Å². The van der Waals surface area contributed by atoms with E-state index in [1.807, 2.05) is 0 Å². The molecule has 0 spiro atoms. The Morgan fingerprint density at radius 2 is 1.50 bits per heavy atom. The largest absolute Gasteiger partial charge is 0.461 e. The van der Waals surface area contributed by atoms with E-state index in [1.165, 1.54) is 88.5 Å². The molecule has 0 aliphatic heterocycles. The van der Waals surface area contributed by atoms with Crippen LogP contribution in [0.1, 0.15) is 89.5 Å². The number of benzene rings is 1. The highest BCUT2D eigenvalue weighted by molar-refractivity contribution is 5.38. The van der Waals surface area contributed by atoms with Crippen LogP contribution in [0.2, 0.25) is 0 Å². The molecule has 1 aromatic rings. The zero-order valence-corrected chi connectivity index (χ0v) is 19.1. The lowest BCUT2D eigenvalue weighted by atomic mass is 9.69. The molecule has 5 heteroatoms. The first-order valence-corrected chi connectivity index (χ1v) is 12.3. The van der Waals surface area contributed by atoms with Gasteiger partial charge in [0, 0.05) is 11.5 Å². The van der Waals surface area contributed by atoms with Gasteiger partial charge in [-0.25, -0.2) is 0 Å². The molecule has 0 radical (unpaired) electrons. The Morgan fingerprint density at radius 1 is 0.906 bits per heavy atom. The number of ether oxygens (including phenoxy) is 1. The van der Waals surface area contributed by atoms with E-state index in [2.05, 4.69) is 23.5 Å². The topological polar surface area (TPSA) is 9.23 Å². The molecule has 0 saturated heterocycles. The van der Waals surface area contributed by atoms with Crippen LogP contribution in [-0.2, 0) is 0 Å². The fraction of sp³-hybridized carbons (Fsp3) is 0.704. The van der Waals surface area contributed by atoms with Crippen molar-refractivity contribution in [1.82, 2.24) is 0 Å². The summed E-state index contributed by atoms with van der Waals surface area (Å²) >= 11 is 0. The maximum absolute atomic E-state index is 13.0. The zero-order chi connectivity index (χ0) is 23.0. The van der Waals surface area contributed by atoms with Crippen LogP contribution in [-0.4, -0.2) is 12.5 Å². The zero-order valence-electron chi connectivity index (χ0n) is 19.1. The molecule has 0 atom stereocenters. The van der Waals surface area contributed by atoms with E-state index in [0.717, 1.165) is 30.6 Å². The molecule has 0 N–H and O–H groups in total. The lowest BCUT2D eigenvalue weighted by Gasteiger charge is -2.37. The number of unbranched alkanes of at least 4 members (excludes halogenated alkanes) is 2. The Morgan fingerprint density at radius 3 is 2.06 bits per heavy atom. The maximum Gasteiger partial charge on any atom is 0.461 e. The molecule has 32 heavy (non-hydrogen) atoms. The molecular formula is C27H36F4O. The van der Waals surface area contributed by atoms with Crippen LogP contribution in [0.3, 0.4) is 0 Å². The van der Waals surface area contributed by atoms with Crippen LogP contribution >= 0.6 is 0 Å². The molecule has 0 aromatic heterocycles. The molecule has 2 fully saturated rings. The Hall–Kier alpha value is -1.70. The van der Waals surface area contributed by atoms with Crippen LogP contribution in [0.15, 0.2) is 24.3 Å². The minimum atomic E-state index is -4.49. The first kappa shape index (κ1) is 24.9. The van der Waals surface area contributed by atoms with Gasteiger partial charge in [0.15, 0.2) is 0 Å². The van der Waals surface area contributed by atoms with Gasteiger partial charge in [-0.3, -0.25) is 0 Å². The molecule has 0 amide bonds. The van der Waals surface area contributed by atoms with Crippen molar-refractivity contribution in [3.05, 3.63) is 29.8 Å². The van der Waals surface area contributed by atoms with Crippen molar-refractivity contribution in [2.75, 3.05) is 0 Å². The highest BCUT2D eigenvalue weighted by Gasteiger charge is 2.43. The minimum Gasteiger partial charge on any atom is -0.428 e. The Kier molecular flexibility index (Phi) is 9.32. The SMILES string of the molecule is CCCCC[C@H]1CC[C@H]([C@H]2CC[C@H](C#Cc3ccc(OC(F)(F)C(F)F)cc3)CC2)CC1. The van der Waals surface area contributed by atoms with Gasteiger partial charge in [-0.1, -0.05) is 57.3 Å². The third-order valence-corrected chi connectivity index (χ3v) is 7.33. The number of hydrogen-bond donors (Lipinski definition) is 0. The highest BCUT2D eigenvalue weighted by Crippen LogP contribution is 2.42. The van der Waals surface area contributed by atoms with Crippen LogP contribution in [0.4, 0.5) is 17.6 Å². The van der Waals surface area contributed by atoms with Crippen LogP contribution in [0.5, 0.6) is 5.75 Å². The van der Waals surface area contributed by atoms with Gasteiger partial charge < -0.3 is 4.74 Å². The number of rotatable bonds is 8. The van der Waals surface area contributed by atoms with E-state index in [1.54, 1.807) is 0 Å². The second kappa shape index (κ2) is 12.0. The van der Waals surface area contributed by atoms with Gasteiger partial charge in [-0.15, -0.1) is 0 Å². The average Bonchev–Trinajstić information content (AvgIpc) is 2.79. The third kappa shape index (κ3) is 7.42. The summed E-state index contributed by atoms with van der Waals surface area (Å²) in [5.74, 6) is 9.21. The van der Waals surface area contributed by atoms with Gasteiger partial charge in [0.2, 0.25) is 0 Å². The summed E-state index contributed by atoms with van der Waals surface area (Å²) < 4.78 is 54.5. The molecule has 1 nitrogen and oxygen atoms in total. The molecule has 1 aromatic carbocycles. The van der Waals surface area contributed by atoms with Crippen molar-refractivity contribution in [2.45, 2.75) is 96.5 Å². The molecule has 178 valence electrons. The molecule has 2 aliphatic rings. The van der Waals surface area contributed by atoms with Crippen molar-refractivity contribution in [3.63, 3.8) is 0 Å². The fourth-order valence-corrected chi connectivity index (χ4v) is 5.36. The van der Waals surface area contributed by atoms with Gasteiger partial charge in [-0.2, -0.15) is 17.6 Å². The van der Waals surface area contributed by atoms with Gasteiger partial charge >= 0.3 is 12.5 Å². The molecule has 0 unspecified atom stereocenters. The van der Waals surface area contributed by atoms with Crippen molar-refractivity contribution >= 4 is 0 Å². The third-order valence-electron chi connectivity index (χ3n) is 7.33. The summed E-state index contributed by atoms with van der Waals surface area (Å²) in [5, 5.41) is 0. The maximum atomic E-state index is 13.0. The molecule has 3 rings (SSSR count). The van der Waals surface area contributed by atoms with Crippen molar-refractivity contribution < 1.29 is 22.3 Å². The quantitative estimate of drug-likeness (QED) is 0.218. The second-order valence-corrected chi connectivity index (χ2v) is 9.65. The molecule has 0 heterocycles. The molecule has 0 bridgehead atoms. The standard InChI is InChI=1S/C27H36F4O/c1-2-3-4-5-20-8-14-23(15-9-20)24-16-10-21(11-17-24)6-7-22-12-18-25(19-13-22)32-27(30,31)26(28)29/h12-13,18-21,23-24,26H,2-5,8-11,14-17H2,1H3/t20-,21-,23-,24-. The first-order valence-electron chi connectivity index (χ1n) is 12.3. The number of hydrogen-bond acceptors (Lipinski definition) is 1. The normalized spacial score (nSPS) is 26.4. The van der Waals surface area contributed by atoms with E-state index in [9.17, 15) is 17.6 Å². The minimum absolute atomic E-state index is 0.290. The number of alkyl halides is 4. The Bertz CT molecular complexity index is 733. The Labute approximate surface area is 190 Å². The van der Waals surface area contributed by atoms with Crippen LogP contribution in [0, 0.1) is 35.5 Å². The van der Waals surface area contributed by atoms with Gasteiger partial charge in [0.1, 0.15) is 5.75 Å². The summed E-state index contributed by atoms with van der Waals surface area (Å²) in [7, 11) is 0. The molecule has 2 saturated carbocycles. The van der Waals surface area contributed by atoms with Crippen LogP contribution in [0.25, 0.3) is 0 Å². The first-order chi connectivity index (χ1) is 15.4. The Balaban J connectivity index is 1.40. The lowest BCUT2D eigenvalue weighted by molar-refractivity contribution is -0.253. The molecular weight excluding hydrogens is 416 g/mol. The summed E-state index contributed by atoms with van der Waals surface area (Å²) in [5.41, 5.74) is 0.682. The van der Waals surface area contributed by atoms with Gasteiger partial charge in [0.25, 0.3) is 0 Å². The second-order valence-electron chi connectivity index (χ2n) is 9.65. The van der Waals surface area contributed by atoms with Crippen molar-refractivity contribution in [3.8, 4) is 17.6 Å².